The standard InChI is InChI=1S/C15H18N2OS2/c1-10-5-8-19-13(10)11-9-20-14(16)12(11)15(18)17-6-3-2-4-7-17/h5,8-9H,2-4,6-7,16H2,1H3. The van der Waals surface area contributed by atoms with E-state index in [1.807, 2.05) is 10.3 Å². The smallest absolute Gasteiger partial charge is 0.257 e. The van der Waals surface area contributed by atoms with Gasteiger partial charge in [0.2, 0.25) is 0 Å². The van der Waals surface area contributed by atoms with Crippen molar-refractivity contribution < 1.29 is 4.79 Å². The van der Waals surface area contributed by atoms with Crippen molar-refractivity contribution >= 4 is 33.6 Å². The van der Waals surface area contributed by atoms with E-state index in [1.54, 1.807) is 11.3 Å². The summed E-state index contributed by atoms with van der Waals surface area (Å²) in [5, 5.41) is 4.72. The summed E-state index contributed by atoms with van der Waals surface area (Å²) in [6.45, 7) is 3.79. The molecule has 1 aliphatic heterocycles. The molecule has 0 atom stereocenters. The highest BCUT2D eigenvalue weighted by atomic mass is 32.1. The number of hydrogen-bond acceptors (Lipinski definition) is 4. The Labute approximate surface area is 127 Å². The molecule has 0 aliphatic carbocycles. The maximum Gasteiger partial charge on any atom is 0.257 e. The number of hydrogen-bond donors (Lipinski definition) is 1. The third kappa shape index (κ3) is 2.36. The van der Waals surface area contributed by atoms with Crippen LogP contribution in [0.25, 0.3) is 10.4 Å². The van der Waals surface area contributed by atoms with Gasteiger partial charge < -0.3 is 10.6 Å². The molecule has 0 aromatic carbocycles. The summed E-state index contributed by atoms with van der Waals surface area (Å²) in [6, 6.07) is 2.09. The first-order valence-electron chi connectivity index (χ1n) is 6.89. The molecule has 0 unspecified atom stereocenters. The second kappa shape index (κ2) is 5.58. The van der Waals surface area contributed by atoms with Gasteiger partial charge in [-0.1, -0.05) is 0 Å². The molecule has 1 aliphatic rings. The van der Waals surface area contributed by atoms with Crippen molar-refractivity contribution in [2.45, 2.75) is 26.2 Å². The Kier molecular flexibility index (Phi) is 3.81. The number of rotatable bonds is 2. The van der Waals surface area contributed by atoms with Crippen molar-refractivity contribution in [3.05, 3.63) is 28.0 Å². The Morgan fingerprint density at radius 1 is 1.25 bits per heavy atom. The number of nitrogens with zero attached hydrogens (tertiary/aromatic N) is 1. The van der Waals surface area contributed by atoms with Crippen LogP contribution in [-0.4, -0.2) is 23.9 Å². The van der Waals surface area contributed by atoms with Crippen molar-refractivity contribution in [3.8, 4) is 10.4 Å². The topological polar surface area (TPSA) is 46.3 Å². The number of thiophene rings is 2. The summed E-state index contributed by atoms with van der Waals surface area (Å²) in [7, 11) is 0. The fourth-order valence-corrected chi connectivity index (χ4v) is 4.48. The second-order valence-electron chi connectivity index (χ2n) is 5.17. The summed E-state index contributed by atoms with van der Waals surface area (Å²) in [5.74, 6) is 0.103. The Balaban J connectivity index is 1.99. The molecule has 106 valence electrons. The van der Waals surface area contributed by atoms with Crippen LogP contribution in [0.1, 0.15) is 35.2 Å². The van der Waals surface area contributed by atoms with E-state index in [1.165, 1.54) is 28.2 Å². The molecule has 2 aromatic heterocycles. The van der Waals surface area contributed by atoms with Crippen LogP contribution in [0.4, 0.5) is 5.00 Å². The van der Waals surface area contributed by atoms with Crippen molar-refractivity contribution in [1.29, 1.82) is 0 Å². The van der Waals surface area contributed by atoms with Crippen LogP contribution >= 0.6 is 22.7 Å². The Hall–Kier alpha value is -1.33. The SMILES string of the molecule is Cc1ccsc1-c1csc(N)c1C(=O)N1CCCCC1. The fourth-order valence-electron chi connectivity index (χ4n) is 2.66. The molecule has 1 fully saturated rings. The molecular weight excluding hydrogens is 288 g/mol. The van der Waals surface area contributed by atoms with Crippen molar-refractivity contribution in [3.63, 3.8) is 0 Å². The highest BCUT2D eigenvalue weighted by molar-refractivity contribution is 7.16. The van der Waals surface area contributed by atoms with Gasteiger partial charge in [0.1, 0.15) is 0 Å². The number of piperidine rings is 1. The van der Waals surface area contributed by atoms with Gasteiger partial charge in [0, 0.05) is 28.9 Å². The van der Waals surface area contributed by atoms with Gasteiger partial charge in [0.25, 0.3) is 5.91 Å². The zero-order valence-corrected chi connectivity index (χ0v) is 13.1. The van der Waals surface area contributed by atoms with Crippen LogP contribution in [0.2, 0.25) is 0 Å². The molecular formula is C15H18N2OS2. The van der Waals surface area contributed by atoms with Crippen LogP contribution < -0.4 is 5.73 Å². The quantitative estimate of drug-likeness (QED) is 0.911. The molecule has 5 heteroatoms. The number of likely N-dealkylation sites (tertiary alicyclic amines) is 1. The molecule has 1 amide bonds. The minimum Gasteiger partial charge on any atom is -0.390 e. The summed E-state index contributed by atoms with van der Waals surface area (Å²) in [4.78, 5) is 15.9. The summed E-state index contributed by atoms with van der Waals surface area (Å²) >= 11 is 3.14. The van der Waals surface area contributed by atoms with E-state index in [2.05, 4.69) is 18.4 Å². The number of carbonyl (C=O) groups excluding carboxylic acids is 1. The van der Waals surface area contributed by atoms with Crippen LogP contribution in [0.15, 0.2) is 16.8 Å². The largest absolute Gasteiger partial charge is 0.390 e. The Morgan fingerprint density at radius 2 is 2.00 bits per heavy atom. The summed E-state index contributed by atoms with van der Waals surface area (Å²) in [6.07, 6.45) is 3.42. The average molecular weight is 306 g/mol. The number of nitrogen functional groups attached to an aromatic ring is 1. The van der Waals surface area contributed by atoms with Gasteiger partial charge in [0.05, 0.1) is 10.6 Å². The lowest BCUT2D eigenvalue weighted by Gasteiger charge is -2.27. The highest BCUT2D eigenvalue weighted by Gasteiger charge is 2.25. The summed E-state index contributed by atoms with van der Waals surface area (Å²) in [5.41, 5.74) is 9.01. The maximum atomic E-state index is 12.8. The summed E-state index contributed by atoms with van der Waals surface area (Å²) < 4.78 is 0. The van der Waals surface area contributed by atoms with Crippen LogP contribution in [0.3, 0.4) is 0 Å². The van der Waals surface area contributed by atoms with E-state index in [0.29, 0.717) is 10.6 Å². The molecule has 3 rings (SSSR count). The normalized spacial score (nSPS) is 15.6. The molecule has 1 saturated heterocycles. The number of carbonyl (C=O) groups is 1. The van der Waals surface area contributed by atoms with Gasteiger partial charge in [-0.05, 0) is 43.2 Å². The molecule has 0 saturated carbocycles. The number of amides is 1. The minimum atomic E-state index is 0.103. The highest BCUT2D eigenvalue weighted by Crippen LogP contribution is 2.39. The van der Waals surface area contributed by atoms with Gasteiger partial charge >= 0.3 is 0 Å². The number of anilines is 1. The van der Waals surface area contributed by atoms with Crippen molar-refractivity contribution in [2.24, 2.45) is 0 Å². The third-order valence-electron chi connectivity index (χ3n) is 3.78. The zero-order valence-electron chi connectivity index (χ0n) is 11.5. The van der Waals surface area contributed by atoms with E-state index in [-0.39, 0.29) is 5.91 Å². The van der Waals surface area contributed by atoms with Crippen molar-refractivity contribution in [2.75, 3.05) is 18.8 Å². The van der Waals surface area contributed by atoms with Crippen LogP contribution in [0.5, 0.6) is 0 Å². The molecule has 0 bridgehead atoms. The lowest BCUT2D eigenvalue weighted by molar-refractivity contribution is 0.0726. The lowest BCUT2D eigenvalue weighted by atomic mass is 10.1. The molecule has 0 spiro atoms. The first-order valence-corrected chi connectivity index (χ1v) is 8.65. The van der Waals surface area contributed by atoms with Crippen LogP contribution in [0, 0.1) is 6.92 Å². The van der Waals surface area contributed by atoms with Gasteiger partial charge in [0.15, 0.2) is 0 Å². The molecule has 2 N–H and O–H groups in total. The lowest BCUT2D eigenvalue weighted by Crippen LogP contribution is -2.35. The predicted molar refractivity (Wildman–Crippen MR) is 86.5 cm³/mol. The van der Waals surface area contributed by atoms with Crippen LogP contribution in [-0.2, 0) is 0 Å². The molecule has 20 heavy (non-hydrogen) atoms. The predicted octanol–water partition coefficient (Wildman–Crippen LogP) is 3.99. The van der Waals surface area contributed by atoms with Gasteiger partial charge in [-0.2, -0.15) is 0 Å². The zero-order chi connectivity index (χ0) is 14.1. The van der Waals surface area contributed by atoms with Crippen molar-refractivity contribution in [1.82, 2.24) is 4.90 Å². The van der Waals surface area contributed by atoms with Gasteiger partial charge in [-0.3, -0.25) is 4.79 Å². The minimum absolute atomic E-state index is 0.103. The van der Waals surface area contributed by atoms with E-state index in [9.17, 15) is 4.79 Å². The monoisotopic (exact) mass is 306 g/mol. The fraction of sp³-hybridized carbons (Fsp3) is 0.400. The molecule has 2 aromatic rings. The Bertz CT molecular complexity index is 624. The first-order chi connectivity index (χ1) is 9.68. The molecule has 3 heterocycles. The van der Waals surface area contributed by atoms with Gasteiger partial charge in [-0.15, -0.1) is 22.7 Å². The second-order valence-corrected chi connectivity index (χ2v) is 7.00. The number of aryl methyl sites for hydroxylation is 1. The maximum absolute atomic E-state index is 12.8. The van der Waals surface area contributed by atoms with E-state index in [4.69, 9.17) is 5.73 Å². The van der Waals surface area contributed by atoms with E-state index >= 15 is 0 Å². The van der Waals surface area contributed by atoms with E-state index < -0.39 is 0 Å². The number of nitrogens with two attached hydrogens (primary N) is 1. The Morgan fingerprint density at radius 3 is 2.65 bits per heavy atom. The van der Waals surface area contributed by atoms with Gasteiger partial charge in [-0.25, -0.2) is 0 Å². The molecule has 3 nitrogen and oxygen atoms in total. The average Bonchev–Trinajstić information content (AvgIpc) is 3.05. The first kappa shape index (κ1) is 13.6. The van der Waals surface area contributed by atoms with E-state index in [0.717, 1.165) is 31.5 Å². The third-order valence-corrected chi connectivity index (χ3v) is 5.64. The molecule has 0 radical (unpaired) electrons.